The summed E-state index contributed by atoms with van der Waals surface area (Å²) in [5.41, 5.74) is 0.686. The molecule has 0 aliphatic carbocycles. The van der Waals surface area contributed by atoms with Crippen molar-refractivity contribution in [3.63, 3.8) is 0 Å². The quantitative estimate of drug-likeness (QED) is 0.851. The van der Waals surface area contributed by atoms with Gasteiger partial charge in [0.15, 0.2) is 0 Å². The summed E-state index contributed by atoms with van der Waals surface area (Å²) in [7, 11) is 4.03. The van der Waals surface area contributed by atoms with Gasteiger partial charge >= 0.3 is 6.09 Å². The lowest BCUT2D eigenvalue weighted by Crippen LogP contribution is -2.47. The number of likely N-dealkylation sites (N-methyl/N-ethyl adjacent to an activating group) is 1. The van der Waals surface area contributed by atoms with Gasteiger partial charge in [-0.25, -0.2) is 4.79 Å². The number of likely N-dealkylation sites (tertiary alicyclic amines) is 1. The highest BCUT2D eigenvalue weighted by atomic mass is 32.1. The molecule has 2 rings (SSSR count). The Morgan fingerprint density at radius 3 is 2.73 bits per heavy atom. The van der Waals surface area contributed by atoms with E-state index in [2.05, 4.69) is 21.7 Å². The average molecular weight is 382 g/mol. The number of nitrogens with one attached hydrogen (secondary N) is 1. The minimum atomic E-state index is -0.522. The zero-order valence-electron chi connectivity index (χ0n) is 16.4. The fourth-order valence-electron chi connectivity index (χ4n) is 3.09. The zero-order valence-corrected chi connectivity index (χ0v) is 17.3. The molecule has 146 valence electrons. The molecule has 0 saturated carbocycles. The van der Waals surface area contributed by atoms with Crippen LogP contribution >= 0.6 is 11.3 Å². The van der Waals surface area contributed by atoms with Crippen molar-refractivity contribution in [2.45, 2.75) is 45.3 Å². The number of carbonyl (C=O) groups is 2. The molecule has 1 aliphatic rings. The summed E-state index contributed by atoms with van der Waals surface area (Å²) in [4.78, 5) is 28.7. The standard InChI is InChI=1S/C19H31N3O3S/c1-19(2,3)25-18(24)22-9-6-7-14(12-22)17(23)20-11-16(21(4)5)15-8-10-26-13-15/h8,10,13-14,16H,6-7,9,11-12H2,1-5H3,(H,20,23)/t14-,16-/m0/s1. The molecule has 7 heteroatoms. The largest absolute Gasteiger partial charge is 0.444 e. The molecule has 2 amide bonds. The first-order valence-corrected chi connectivity index (χ1v) is 10.1. The van der Waals surface area contributed by atoms with E-state index >= 15 is 0 Å². The predicted octanol–water partition coefficient (Wildman–Crippen LogP) is 3.11. The van der Waals surface area contributed by atoms with Gasteiger partial charge in [0.1, 0.15) is 5.60 Å². The number of ether oxygens (including phenoxy) is 1. The Balaban J connectivity index is 1.89. The molecule has 0 unspecified atom stereocenters. The summed E-state index contributed by atoms with van der Waals surface area (Å²) >= 11 is 1.66. The fraction of sp³-hybridized carbons (Fsp3) is 0.684. The summed E-state index contributed by atoms with van der Waals surface area (Å²) in [5, 5.41) is 7.24. The Kier molecular flexibility index (Phi) is 7.06. The smallest absolute Gasteiger partial charge is 0.410 e. The highest BCUT2D eigenvalue weighted by Gasteiger charge is 2.31. The number of rotatable bonds is 5. The van der Waals surface area contributed by atoms with Crippen LogP contribution in [0.5, 0.6) is 0 Å². The van der Waals surface area contributed by atoms with Crippen molar-refractivity contribution in [2.24, 2.45) is 5.92 Å². The molecule has 1 fully saturated rings. The fourth-order valence-corrected chi connectivity index (χ4v) is 3.80. The van der Waals surface area contributed by atoms with E-state index in [0.29, 0.717) is 19.6 Å². The molecule has 0 radical (unpaired) electrons. The lowest BCUT2D eigenvalue weighted by Gasteiger charge is -2.34. The molecule has 1 aliphatic heterocycles. The van der Waals surface area contributed by atoms with Crippen LogP contribution in [0.3, 0.4) is 0 Å². The maximum absolute atomic E-state index is 12.6. The van der Waals surface area contributed by atoms with Crippen LogP contribution in [0.2, 0.25) is 0 Å². The van der Waals surface area contributed by atoms with Crippen LogP contribution in [0.1, 0.15) is 45.2 Å². The monoisotopic (exact) mass is 381 g/mol. The molecule has 0 spiro atoms. The van der Waals surface area contributed by atoms with Gasteiger partial charge in [0.05, 0.1) is 12.0 Å². The van der Waals surface area contributed by atoms with Crippen molar-refractivity contribution < 1.29 is 14.3 Å². The molecular weight excluding hydrogens is 350 g/mol. The molecule has 1 saturated heterocycles. The topological polar surface area (TPSA) is 61.9 Å². The Morgan fingerprint density at radius 2 is 2.15 bits per heavy atom. The van der Waals surface area contributed by atoms with E-state index in [1.165, 1.54) is 5.56 Å². The molecule has 2 heterocycles. The van der Waals surface area contributed by atoms with E-state index in [0.717, 1.165) is 12.8 Å². The third kappa shape index (κ3) is 5.99. The average Bonchev–Trinajstić information content (AvgIpc) is 3.07. The number of hydrogen-bond acceptors (Lipinski definition) is 5. The van der Waals surface area contributed by atoms with E-state index in [1.54, 1.807) is 16.2 Å². The minimum Gasteiger partial charge on any atom is -0.444 e. The van der Waals surface area contributed by atoms with Gasteiger partial charge in [-0.2, -0.15) is 11.3 Å². The Bertz CT molecular complexity index is 596. The van der Waals surface area contributed by atoms with E-state index in [-0.39, 0.29) is 24.0 Å². The van der Waals surface area contributed by atoms with Gasteiger partial charge in [0.2, 0.25) is 5.91 Å². The van der Waals surface area contributed by atoms with Crippen molar-refractivity contribution in [3.8, 4) is 0 Å². The Hall–Kier alpha value is -1.60. The second-order valence-electron chi connectivity index (χ2n) is 8.05. The second kappa shape index (κ2) is 8.86. The number of carbonyl (C=O) groups excluding carboxylic acids is 2. The van der Waals surface area contributed by atoms with Crippen LogP contribution < -0.4 is 5.32 Å². The van der Waals surface area contributed by atoms with Crippen molar-refractivity contribution in [1.82, 2.24) is 15.1 Å². The van der Waals surface area contributed by atoms with Crippen LogP contribution in [-0.2, 0) is 9.53 Å². The summed E-state index contributed by atoms with van der Waals surface area (Å²) in [6, 6.07) is 2.24. The minimum absolute atomic E-state index is 0.0142. The van der Waals surface area contributed by atoms with Crippen LogP contribution in [0, 0.1) is 5.92 Å². The molecule has 0 aromatic carbocycles. The highest BCUT2D eigenvalue weighted by molar-refractivity contribution is 7.07. The van der Waals surface area contributed by atoms with E-state index in [9.17, 15) is 9.59 Å². The third-order valence-corrected chi connectivity index (χ3v) is 5.17. The van der Waals surface area contributed by atoms with E-state index in [1.807, 2.05) is 40.2 Å². The lowest BCUT2D eigenvalue weighted by molar-refractivity contribution is -0.126. The van der Waals surface area contributed by atoms with Gasteiger partial charge in [-0.3, -0.25) is 4.79 Å². The van der Waals surface area contributed by atoms with Crippen LogP contribution in [0.4, 0.5) is 4.79 Å². The molecular formula is C19H31N3O3S. The van der Waals surface area contributed by atoms with Gasteiger partial charge in [-0.1, -0.05) is 0 Å². The predicted molar refractivity (Wildman–Crippen MR) is 104 cm³/mol. The van der Waals surface area contributed by atoms with Crippen LogP contribution in [-0.4, -0.2) is 61.1 Å². The number of piperidine rings is 1. The van der Waals surface area contributed by atoms with Gasteiger partial charge < -0.3 is 19.9 Å². The van der Waals surface area contributed by atoms with Crippen molar-refractivity contribution >= 4 is 23.3 Å². The molecule has 2 atom stereocenters. The highest BCUT2D eigenvalue weighted by Crippen LogP contribution is 2.22. The molecule has 26 heavy (non-hydrogen) atoms. The number of thiophene rings is 1. The van der Waals surface area contributed by atoms with Crippen molar-refractivity contribution in [3.05, 3.63) is 22.4 Å². The molecule has 6 nitrogen and oxygen atoms in total. The Labute approximate surface area is 160 Å². The Morgan fingerprint density at radius 1 is 1.42 bits per heavy atom. The zero-order chi connectivity index (χ0) is 19.3. The summed E-state index contributed by atoms with van der Waals surface area (Å²) in [6.45, 7) is 7.19. The SMILES string of the molecule is CN(C)[C@@H](CNC(=O)[C@H]1CCCN(C(=O)OC(C)(C)C)C1)c1ccsc1. The van der Waals surface area contributed by atoms with Crippen molar-refractivity contribution in [1.29, 1.82) is 0 Å². The number of amides is 2. The molecule has 1 aromatic heterocycles. The van der Waals surface area contributed by atoms with Gasteiger partial charge in [-0.05, 0) is 70.1 Å². The first-order valence-electron chi connectivity index (χ1n) is 9.11. The summed E-state index contributed by atoms with van der Waals surface area (Å²) in [6.07, 6.45) is 1.29. The summed E-state index contributed by atoms with van der Waals surface area (Å²) < 4.78 is 5.43. The third-order valence-electron chi connectivity index (χ3n) is 4.46. The van der Waals surface area contributed by atoms with Crippen LogP contribution in [0.15, 0.2) is 16.8 Å². The lowest BCUT2D eigenvalue weighted by atomic mass is 9.97. The number of nitrogens with zero attached hydrogens (tertiary/aromatic N) is 2. The van der Waals surface area contributed by atoms with Gasteiger partial charge in [-0.15, -0.1) is 0 Å². The van der Waals surface area contributed by atoms with Crippen molar-refractivity contribution in [2.75, 3.05) is 33.7 Å². The maximum Gasteiger partial charge on any atom is 0.410 e. The second-order valence-corrected chi connectivity index (χ2v) is 8.83. The maximum atomic E-state index is 12.6. The molecule has 1 aromatic rings. The van der Waals surface area contributed by atoms with E-state index < -0.39 is 5.60 Å². The molecule has 0 bridgehead atoms. The molecule has 1 N–H and O–H groups in total. The number of hydrogen-bond donors (Lipinski definition) is 1. The van der Waals surface area contributed by atoms with Crippen LogP contribution in [0.25, 0.3) is 0 Å². The first-order chi connectivity index (χ1) is 12.2. The van der Waals surface area contributed by atoms with Gasteiger partial charge in [0.25, 0.3) is 0 Å². The van der Waals surface area contributed by atoms with E-state index in [4.69, 9.17) is 4.74 Å². The normalized spacial score (nSPS) is 19.3. The van der Waals surface area contributed by atoms with Gasteiger partial charge in [0, 0.05) is 19.6 Å². The first kappa shape index (κ1) is 20.7. The summed E-state index contributed by atoms with van der Waals surface area (Å²) in [5.74, 6) is -0.165.